The number of benzene rings is 3. The Morgan fingerprint density at radius 1 is 1.02 bits per heavy atom. The molecule has 3 aromatic carbocycles. The van der Waals surface area contributed by atoms with Crippen LogP contribution in [-0.4, -0.2) is 95.3 Å². The molecule has 1 aliphatic carbocycles. The third-order valence-electron chi connectivity index (χ3n) is 12.7. The molecule has 2 unspecified atom stereocenters. The lowest BCUT2D eigenvalue weighted by Gasteiger charge is -2.32. The van der Waals surface area contributed by atoms with E-state index in [1.165, 1.54) is 17.4 Å². The first-order chi connectivity index (χ1) is 31.3. The van der Waals surface area contributed by atoms with Crippen LogP contribution in [0.4, 0.5) is 10.8 Å². The molecular weight excluding hydrogens is 865 g/mol. The van der Waals surface area contributed by atoms with Crippen LogP contribution < -0.4 is 30.1 Å². The van der Waals surface area contributed by atoms with Crippen molar-refractivity contribution in [3.8, 4) is 22.9 Å². The smallest absolute Gasteiger partial charge is 0.270 e. The fraction of sp³-hybridized carbons (Fsp3) is 0.375. The molecular formula is C48H54N8O7S2. The van der Waals surface area contributed by atoms with Crippen molar-refractivity contribution in [3.63, 3.8) is 0 Å². The van der Waals surface area contributed by atoms with Gasteiger partial charge in [0.1, 0.15) is 45.7 Å². The van der Waals surface area contributed by atoms with E-state index in [0.717, 1.165) is 41.7 Å². The van der Waals surface area contributed by atoms with Gasteiger partial charge < -0.3 is 35.1 Å². The molecule has 1 saturated carbocycles. The minimum absolute atomic E-state index is 0.0459. The quantitative estimate of drug-likeness (QED) is 0.0588. The predicted octanol–water partition coefficient (Wildman–Crippen LogP) is 7.43. The minimum atomic E-state index is -4.36. The number of allylic oxidation sites excluding steroid dienone is 1. The number of rotatable bonds is 10. The molecule has 5 heterocycles. The number of anilines is 2. The molecule has 3 aromatic heterocycles. The predicted molar refractivity (Wildman–Crippen MR) is 253 cm³/mol. The number of carbonyl (C=O) groups is 2. The average molecular weight is 919 g/mol. The molecule has 0 bridgehead atoms. The third-order valence-corrected chi connectivity index (χ3v) is 14.8. The van der Waals surface area contributed by atoms with Crippen molar-refractivity contribution in [1.29, 1.82) is 0 Å². The van der Waals surface area contributed by atoms with Gasteiger partial charge in [0.05, 0.1) is 36.6 Å². The van der Waals surface area contributed by atoms with Crippen LogP contribution in [-0.2, 0) is 14.8 Å². The zero-order chi connectivity index (χ0) is 45.5. The highest BCUT2D eigenvalue weighted by molar-refractivity contribution is 7.90. The molecule has 2 fully saturated rings. The van der Waals surface area contributed by atoms with Crippen LogP contribution in [0.3, 0.4) is 0 Å². The van der Waals surface area contributed by atoms with Gasteiger partial charge in [-0.05, 0) is 75.9 Å². The van der Waals surface area contributed by atoms with E-state index in [4.69, 9.17) is 19.4 Å². The molecule has 3 aliphatic rings. The number of aromatic amines is 1. The van der Waals surface area contributed by atoms with Gasteiger partial charge in [-0.15, -0.1) is 11.3 Å². The third kappa shape index (κ3) is 8.89. The number of amides is 2. The Balaban J connectivity index is 1.06. The molecule has 0 spiro atoms. The van der Waals surface area contributed by atoms with Gasteiger partial charge in [0, 0.05) is 58.2 Å². The van der Waals surface area contributed by atoms with Gasteiger partial charge >= 0.3 is 0 Å². The van der Waals surface area contributed by atoms with E-state index in [9.17, 15) is 23.1 Å². The van der Waals surface area contributed by atoms with Gasteiger partial charge in [-0.25, -0.2) is 23.1 Å². The fourth-order valence-corrected chi connectivity index (χ4v) is 11.2. The van der Waals surface area contributed by atoms with Crippen molar-refractivity contribution < 1.29 is 32.6 Å². The number of sulfonamides is 1. The number of H-pyrrole nitrogens is 1. The number of pyridine rings is 1. The zero-order valence-corrected chi connectivity index (χ0v) is 38.4. The number of ether oxygens (including phenoxy) is 2. The Bertz CT molecular complexity index is 2870. The molecule has 340 valence electrons. The van der Waals surface area contributed by atoms with E-state index >= 15 is 0 Å². The van der Waals surface area contributed by atoms with Crippen LogP contribution in [0.25, 0.3) is 33.2 Å². The highest BCUT2D eigenvalue weighted by atomic mass is 32.2. The SMILES string of the molecule is COc1ccc2c(O[C@@H]3C[C@@H](C(O)N[C@]45CC4(C)/C=C\CCCCCNc4ccccc4S(=O)(=O)NC5=O)N(C(=O)c4cc5ccccc5[nH]4)C3)cc(-c3csc(NC(C)C)n3)nc2c1. The number of likely N-dealkylation sites (tertiary alicyclic amines) is 1. The van der Waals surface area contributed by atoms with Crippen LogP contribution in [0, 0.1) is 5.41 Å². The fourth-order valence-electron chi connectivity index (χ4n) is 9.12. The van der Waals surface area contributed by atoms with E-state index in [-0.39, 0.29) is 36.2 Å². The number of aliphatic hydroxyl groups excluding tert-OH is 1. The molecule has 65 heavy (non-hydrogen) atoms. The molecule has 5 atom stereocenters. The maximum atomic E-state index is 14.7. The average Bonchev–Trinajstić information content (AvgIpc) is 3.78. The molecule has 2 amide bonds. The number of fused-ring (bicyclic) bond motifs is 4. The van der Waals surface area contributed by atoms with Crippen LogP contribution in [0.15, 0.2) is 101 Å². The normalized spacial score (nSPS) is 24.2. The maximum absolute atomic E-state index is 14.7. The number of hydrogen-bond donors (Lipinski definition) is 6. The van der Waals surface area contributed by atoms with Crippen molar-refractivity contribution in [2.75, 3.05) is 30.8 Å². The van der Waals surface area contributed by atoms with Crippen LogP contribution >= 0.6 is 11.3 Å². The van der Waals surface area contributed by atoms with E-state index in [0.29, 0.717) is 51.7 Å². The monoisotopic (exact) mass is 918 g/mol. The highest BCUT2D eigenvalue weighted by Gasteiger charge is 2.69. The molecule has 15 nitrogen and oxygen atoms in total. The first-order valence-electron chi connectivity index (χ1n) is 22.1. The van der Waals surface area contributed by atoms with Crippen LogP contribution in [0.5, 0.6) is 11.5 Å². The lowest BCUT2D eigenvalue weighted by molar-refractivity contribution is -0.124. The lowest BCUT2D eigenvalue weighted by atomic mass is 9.98. The molecule has 2 aliphatic heterocycles. The summed E-state index contributed by atoms with van der Waals surface area (Å²) in [7, 11) is -2.77. The number of para-hydroxylation sites is 2. The summed E-state index contributed by atoms with van der Waals surface area (Å²) in [4.78, 5) is 43.7. The molecule has 1 saturated heterocycles. The minimum Gasteiger partial charge on any atom is -0.497 e. The number of aromatic nitrogens is 3. The summed E-state index contributed by atoms with van der Waals surface area (Å²) in [5.41, 5.74) is 0.963. The number of thiazole rings is 1. The standard InChI is InChI=1S/C48H54N8O7S2/c1-29(2)50-46-53-39(27-64-46)37-25-41(33-19-18-31(62-4)23-36(33)52-37)63-32-24-40(56(26-32)44(58)38-22-30-14-8-9-15-34(30)51-38)43(57)54-48-28-47(48,3)20-12-6-5-7-13-21-49-35-16-10-11-17-42(35)65(60,61)55-45(48)59/h8-12,14-20,22-23,25,27,29,32,40,43,49,51,54,57H,5-7,13,21,24,26,28H2,1-4H3,(H,50,53)(H,55,59)/b20-12-/t32-,40+,43?,47?,48+/m1/s1. The number of carbonyl (C=O) groups excluding carboxylic acids is 2. The van der Waals surface area contributed by atoms with Gasteiger partial charge in [0.15, 0.2) is 5.13 Å². The second-order valence-electron chi connectivity index (χ2n) is 17.7. The summed E-state index contributed by atoms with van der Waals surface area (Å²) >= 11 is 1.48. The van der Waals surface area contributed by atoms with Crippen molar-refractivity contribution in [1.82, 2.24) is 29.9 Å². The number of methoxy groups -OCH3 is 1. The molecule has 6 aromatic rings. The second-order valence-corrected chi connectivity index (χ2v) is 20.2. The zero-order valence-electron chi connectivity index (χ0n) is 36.8. The Hall–Kier alpha value is -6.01. The number of nitrogens with zero attached hydrogens (tertiary/aromatic N) is 3. The topological polar surface area (TPSA) is 200 Å². The van der Waals surface area contributed by atoms with Crippen LogP contribution in [0.1, 0.15) is 69.8 Å². The summed E-state index contributed by atoms with van der Waals surface area (Å²) in [5, 5.41) is 26.5. The van der Waals surface area contributed by atoms with Gasteiger partial charge in [0.25, 0.3) is 21.8 Å². The van der Waals surface area contributed by atoms with Crippen molar-refractivity contribution in [2.24, 2.45) is 5.41 Å². The largest absolute Gasteiger partial charge is 0.497 e. The summed E-state index contributed by atoms with van der Waals surface area (Å²) in [6, 6.07) is 22.5. The van der Waals surface area contributed by atoms with Crippen molar-refractivity contribution in [3.05, 3.63) is 102 Å². The summed E-state index contributed by atoms with van der Waals surface area (Å²) in [6.45, 7) is 6.63. The van der Waals surface area contributed by atoms with E-state index in [1.54, 1.807) is 36.3 Å². The Kier molecular flexibility index (Phi) is 12.1. The lowest BCUT2D eigenvalue weighted by Crippen LogP contribution is -2.59. The molecule has 0 radical (unpaired) electrons. The summed E-state index contributed by atoms with van der Waals surface area (Å²) in [5.74, 6) is -0.0477. The number of nitrogens with one attached hydrogen (secondary N) is 5. The van der Waals surface area contributed by atoms with Gasteiger partial charge in [-0.3, -0.25) is 14.9 Å². The van der Waals surface area contributed by atoms with Gasteiger partial charge in [0.2, 0.25) is 0 Å². The molecule has 9 rings (SSSR count). The van der Waals surface area contributed by atoms with E-state index in [1.807, 2.05) is 86.8 Å². The summed E-state index contributed by atoms with van der Waals surface area (Å²) in [6.07, 6.45) is 5.69. The van der Waals surface area contributed by atoms with E-state index < -0.39 is 45.3 Å². The number of hydrogen-bond acceptors (Lipinski definition) is 13. The summed E-state index contributed by atoms with van der Waals surface area (Å²) < 4.78 is 42.8. The molecule has 17 heteroatoms. The van der Waals surface area contributed by atoms with Crippen molar-refractivity contribution in [2.45, 2.75) is 94.1 Å². The van der Waals surface area contributed by atoms with Crippen LogP contribution in [0.2, 0.25) is 0 Å². The van der Waals surface area contributed by atoms with Gasteiger partial charge in [-0.1, -0.05) is 55.8 Å². The van der Waals surface area contributed by atoms with E-state index in [2.05, 4.69) is 25.7 Å². The highest BCUT2D eigenvalue weighted by Crippen LogP contribution is 2.58. The number of aliphatic hydroxyl groups is 1. The maximum Gasteiger partial charge on any atom is 0.270 e. The Labute approximate surface area is 382 Å². The first-order valence-corrected chi connectivity index (χ1v) is 24.4. The molecule has 6 N–H and O–H groups in total. The second kappa shape index (κ2) is 17.8. The Morgan fingerprint density at radius 3 is 2.65 bits per heavy atom. The Morgan fingerprint density at radius 2 is 1.83 bits per heavy atom. The van der Waals surface area contributed by atoms with Crippen molar-refractivity contribution >= 4 is 65.8 Å². The van der Waals surface area contributed by atoms with Gasteiger partial charge in [-0.2, -0.15) is 0 Å². The first kappa shape index (κ1) is 44.2.